The van der Waals surface area contributed by atoms with Gasteiger partial charge in [-0.25, -0.2) is 0 Å². The van der Waals surface area contributed by atoms with Gasteiger partial charge in [-0.15, -0.1) is 0 Å². The maximum absolute atomic E-state index is 12.1. The fourth-order valence-electron chi connectivity index (χ4n) is 2.36. The number of nitrogens with zero attached hydrogens (tertiary/aromatic N) is 1. The van der Waals surface area contributed by atoms with Crippen LogP contribution in [0.25, 0.3) is 0 Å². The lowest BCUT2D eigenvalue weighted by Gasteiger charge is -2.19. The number of hydrogen-bond acceptors (Lipinski definition) is 2. The highest BCUT2D eigenvalue weighted by Gasteiger charge is 2.15. The van der Waals surface area contributed by atoms with Crippen molar-refractivity contribution in [2.75, 3.05) is 18.9 Å². The summed E-state index contributed by atoms with van der Waals surface area (Å²) in [6.45, 7) is 10.0. The van der Waals surface area contributed by atoms with Crippen LogP contribution in [-0.4, -0.2) is 30.3 Å². The second-order valence-corrected chi connectivity index (χ2v) is 6.17. The van der Waals surface area contributed by atoms with Crippen LogP contribution in [0.1, 0.15) is 37.0 Å². The Morgan fingerprint density at radius 3 is 2.14 bits per heavy atom. The van der Waals surface area contributed by atoms with Gasteiger partial charge >= 0.3 is 0 Å². The molecule has 0 radical (unpaired) electrons. The van der Waals surface area contributed by atoms with Crippen LogP contribution in [0.2, 0.25) is 0 Å². The Kier molecular flexibility index (Phi) is 5.94. The molecule has 4 heteroatoms. The Bertz CT molecular complexity index is 513. The summed E-state index contributed by atoms with van der Waals surface area (Å²) < 4.78 is 0. The molecule has 1 aromatic carbocycles. The molecule has 0 saturated carbocycles. The molecule has 1 aromatic rings. The molecular formula is C17H26N2O2. The van der Waals surface area contributed by atoms with Crippen LogP contribution >= 0.6 is 0 Å². The van der Waals surface area contributed by atoms with E-state index < -0.39 is 0 Å². The summed E-state index contributed by atoms with van der Waals surface area (Å²) in [5.74, 6) is 0.131. The number of likely N-dealkylation sites (N-methyl/N-ethyl adjacent to an activating group) is 1. The van der Waals surface area contributed by atoms with Crippen molar-refractivity contribution < 1.29 is 9.59 Å². The van der Waals surface area contributed by atoms with Gasteiger partial charge in [0.05, 0.1) is 6.54 Å². The highest BCUT2D eigenvalue weighted by atomic mass is 16.2. The monoisotopic (exact) mass is 290 g/mol. The molecule has 0 saturated heterocycles. The molecule has 0 aromatic heterocycles. The molecule has 2 amide bonds. The third-order valence-corrected chi connectivity index (χ3v) is 3.33. The number of nitrogens with one attached hydrogen (secondary N) is 1. The van der Waals surface area contributed by atoms with Gasteiger partial charge in [-0.3, -0.25) is 9.59 Å². The van der Waals surface area contributed by atoms with Gasteiger partial charge in [0.15, 0.2) is 0 Å². The van der Waals surface area contributed by atoms with Crippen molar-refractivity contribution in [2.45, 2.75) is 41.0 Å². The molecule has 0 aliphatic carbocycles. The fraction of sp³-hybridized carbons (Fsp3) is 0.529. The molecule has 1 N–H and O–H groups in total. The number of carbonyl (C=O) groups is 2. The minimum Gasteiger partial charge on any atom is -0.336 e. The van der Waals surface area contributed by atoms with E-state index in [2.05, 4.69) is 5.32 Å². The molecule has 0 fully saturated rings. The maximum atomic E-state index is 12.1. The summed E-state index contributed by atoms with van der Waals surface area (Å²) in [7, 11) is 1.67. The first-order chi connectivity index (χ1) is 9.70. The average Bonchev–Trinajstić information content (AvgIpc) is 2.32. The Morgan fingerprint density at radius 1 is 1.14 bits per heavy atom. The lowest BCUT2D eigenvalue weighted by atomic mass is 10.1. The van der Waals surface area contributed by atoms with Crippen LogP contribution < -0.4 is 5.32 Å². The van der Waals surface area contributed by atoms with Crippen molar-refractivity contribution in [3.05, 3.63) is 28.8 Å². The van der Waals surface area contributed by atoms with E-state index in [1.165, 1.54) is 10.5 Å². The standard InChI is InChI=1S/C17H26N2O2/c1-11(2)7-16(21)19(6)10-15(20)18-17-13(4)8-12(3)9-14(17)5/h8-9,11H,7,10H2,1-6H3,(H,18,20). The van der Waals surface area contributed by atoms with E-state index in [-0.39, 0.29) is 18.4 Å². The van der Waals surface area contributed by atoms with Crippen LogP contribution in [0.4, 0.5) is 5.69 Å². The Balaban J connectivity index is 2.68. The SMILES string of the molecule is Cc1cc(C)c(NC(=O)CN(C)C(=O)CC(C)C)c(C)c1. The molecule has 0 bridgehead atoms. The molecule has 0 heterocycles. The van der Waals surface area contributed by atoms with Crippen LogP contribution in [0.3, 0.4) is 0 Å². The summed E-state index contributed by atoms with van der Waals surface area (Å²) in [6.07, 6.45) is 0.465. The molecule has 116 valence electrons. The van der Waals surface area contributed by atoms with Crippen molar-refractivity contribution in [1.29, 1.82) is 0 Å². The van der Waals surface area contributed by atoms with E-state index in [4.69, 9.17) is 0 Å². The highest BCUT2D eigenvalue weighted by molar-refractivity contribution is 5.95. The first-order valence-electron chi connectivity index (χ1n) is 7.32. The third kappa shape index (κ3) is 5.21. The molecule has 0 spiro atoms. The number of rotatable bonds is 5. The van der Waals surface area contributed by atoms with Gasteiger partial charge in [-0.2, -0.15) is 0 Å². The second-order valence-electron chi connectivity index (χ2n) is 6.17. The van der Waals surface area contributed by atoms with Crippen molar-refractivity contribution in [2.24, 2.45) is 5.92 Å². The van der Waals surface area contributed by atoms with Gasteiger partial charge in [0, 0.05) is 19.2 Å². The van der Waals surface area contributed by atoms with Crippen LogP contribution in [0.15, 0.2) is 12.1 Å². The minimum atomic E-state index is -0.162. The largest absolute Gasteiger partial charge is 0.336 e. The number of aryl methyl sites for hydroxylation is 3. The molecule has 0 aliphatic rings. The lowest BCUT2D eigenvalue weighted by molar-refractivity contribution is -0.133. The lowest BCUT2D eigenvalue weighted by Crippen LogP contribution is -2.35. The number of amides is 2. The van der Waals surface area contributed by atoms with E-state index in [1.807, 2.05) is 46.8 Å². The Morgan fingerprint density at radius 2 is 1.67 bits per heavy atom. The molecule has 0 aliphatic heterocycles. The molecular weight excluding hydrogens is 264 g/mol. The smallest absolute Gasteiger partial charge is 0.243 e. The fourth-order valence-corrected chi connectivity index (χ4v) is 2.36. The summed E-state index contributed by atoms with van der Waals surface area (Å²) in [5, 5.41) is 2.91. The van der Waals surface area contributed by atoms with Gasteiger partial charge in [0.25, 0.3) is 0 Å². The normalized spacial score (nSPS) is 10.6. The van der Waals surface area contributed by atoms with Crippen LogP contribution in [-0.2, 0) is 9.59 Å². The summed E-state index contributed by atoms with van der Waals surface area (Å²) in [5.41, 5.74) is 4.09. The first-order valence-corrected chi connectivity index (χ1v) is 7.32. The quantitative estimate of drug-likeness (QED) is 0.906. The average molecular weight is 290 g/mol. The molecule has 0 atom stereocenters. The Hall–Kier alpha value is -1.84. The molecule has 0 unspecified atom stereocenters. The topological polar surface area (TPSA) is 49.4 Å². The number of carbonyl (C=O) groups excluding carboxylic acids is 2. The van der Waals surface area contributed by atoms with Crippen molar-refractivity contribution in [3.8, 4) is 0 Å². The highest BCUT2D eigenvalue weighted by Crippen LogP contribution is 2.21. The summed E-state index contributed by atoms with van der Waals surface area (Å²) in [4.78, 5) is 25.4. The predicted molar refractivity (Wildman–Crippen MR) is 86.4 cm³/mol. The minimum absolute atomic E-state index is 0.00231. The van der Waals surface area contributed by atoms with Crippen LogP contribution in [0, 0.1) is 26.7 Å². The van der Waals surface area contributed by atoms with E-state index in [9.17, 15) is 9.59 Å². The van der Waals surface area contributed by atoms with Crippen molar-refractivity contribution >= 4 is 17.5 Å². The third-order valence-electron chi connectivity index (χ3n) is 3.33. The van der Waals surface area contributed by atoms with Gasteiger partial charge in [0.1, 0.15) is 0 Å². The van der Waals surface area contributed by atoms with Gasteiger partial charge in [-0.1, -0.05) is 31.5 Å². The maximum Gasteiger partial charge on any atom is 0.243 e. The van der Waals surface area contributed by atoms with E-state index >= 15 is 0 Å². The van der Waals surface area contributed by atoms with E-state index in [1.54, 1.807) is 7.05 Å². The first kappa shape index (κ1) is 17.2. The van der Waals surface area contributed by atoms with Crippen molar-refractivity contribution in [1.82, 2.24) is 4.90 Å². The van der Waals surface area contributed by atoms with Crippen molar-refractivity contribution in [3.63, 3.8) is 0 Å². The zero-order chi connectivity index (χ0) is 16.2. The zero-order valence-electron chi connectivity index (χ0n) is 13.9. The molecule has 21 heavy (non-hydrogen) atoms. The number of anilines is 1. The van der Waals surface area contributed by atoms with Gasteiger partial charge in [-0.05, 0) is 37.8 Å². The predicted octanol–water partition coefficient (Wildman–Crippen LogP) is 3.05. The zero-order valence-corrected chi connectivity index (χ0v) is 13.9. The molecule has 4 nitrogen and oxygen atoms in total. The van der Waals surface area contributed by atoms with E-state index in [0.717, 1.165) is 16.8 Å². The second kappa shape index (κ2) is 7.25. The van der Waals surface area contributed by atoms with Crippen LogP contribution in [0.5, 0.6) is 0 Å². The van der Waals surface area contributed by atoms with Gasteiger partial charge in [0.2, 0.25) is 11.8 Å². The number of benzene rings is 1. The summed E-state index contributed by atoms with van der Waals surface area (Å²) >= 11 is 0. The Labute approximate surface area is 127 Å². The summed E-state index contributed by atoms with van der Waals surface area (Å²) in [6, 6.07) is 4.08. The van der Waals surface area contributed by atoms with Gasteiger partial charge < -0.3 is 10.2 Å². The molecule has 1 rings (SSSR count). The van der Waals surface area contributed by atoms with E-state index in [0.29, 0.717) is 12.3 Å². The number of hydrogen-bond donors (Lipinski definition) is 1.